The number of carbonyl (C=O) groups is 4. The molecule has 0 bridgehead atoms. The van der Waals surface area contributed by atoms with Gasteiger partial charge in [-0.15, -0.1) is 0 Å². The molecule has 0 radical (unpaired) electrons. The van der Waals surface area contributed by atoms with E-state index in [1.165, 1.54) is 4.90 Å². The average Bonchev–Trinajstić information content (AvgIpc) is 3.43. The fourth-order valence-corrected chi connectivity index (χ4v) is 4.79. The van der Waals surface area contributed by atoms with E-state index >= 15 is 0 Å². The van der Waals surface area contributed by atoms with E-state index in [1.807, 2.05) is 13.2 Å². The zero-order valence-corrected chi connectivity index (χ0v) is 19.5. The number of nitrogens with zero attached hydrogens (tertiary/aromatic N) is 2. The van der Waals surface area contributed by atoms with Gasteiger partial charge >= 0.3 is 5.97 Å². The van der Waals surface area contributed by atoms with Gasteiger partial charge in [-0.1, -0.05) is 20.3 Å². The maximum absolute atomic E-state index is 13.3. The first kappa shape index (κ1) is 25.5. The molecule has 0 aromatic rings. The van der Waals surface area contributed by atoms with Gasteiger partial charge in [-0.25, -0.2) is 4.79 Å². The second-order valence-electron chi connectivity index (χ2n) is 8.48. The van der Waals surface area contributed by atoms with Crippen molar-refractivity contribution in [3.63, 3.8) is 0 Å². The fraction of sp³-hybridized carbons (Fsp3) is 0.810. The summed E-state index contributed by atoms with van der Waals surface area (Å²) in [5.74, 6) is -1.42. The first-order valence-corrected chi connectivity index (χ1v) is 12.5. The lowest BCUT2D eigenvalue weighted by Gasteiger charge is -2.32. The molecule has 2 fully saturated rings. The summed E-state index contributed by atoms with van der Waals surface area (Å²) >= 11 is 1.62. The number of amides is 3. The molecule has 3 amide bonds. The van der Waals surface area contributed by atoms with E-state index in [0.29, 0.717) is 45.2 Å². The molecule has 10 heteroatoms. The second kappa shape index (κ2) is 11.7. The predicted molar refractivity (Wildman–Crippen MR) is 119 cm³/mol. The molecule has 0 aromatic heterocycles. The van der Waals surface area contributed by atoms with Crippen molar-refractivity contribution in [3.05, 3.63) is 0 Å². The van der Waals surface area contributed by atoms with Crippen LogP contribution < -0.4 is 11.1 Å². The molecule has 5 unspecified atom stereocenters. The second-order valence-corrected chi connectivity index (χ2v) is 9.46. The summed E-state index contributed by atoms with van der Waals surface area (Å²) in [4.78, 5) is 53.7. The highest BCUT2D eigenvalue weighted by Gasteiger charge is 2.43. The first-order valence-electron chi connectivity index (χ1n) is 11.1. The van der Waals surface area contributed by atoms with Crippen LogP contribution >= 0.6 is 11.8 Å². The minimum Gasteiger partial charge on any atom is -0.480 e. The predicted octanol–water partition coefficient (Wildman–Crippen LogP) is 0.664. The summed E-state index contributed by atoms with van der Waals surface area (Å²) in [6, 6.07) is -2.94. The Bertz CT molecular complexity index is 676. The topological polar surface area (TPSA) is 133 Å². The summed E-state index contributed by atoms with van der Waals surface area (Å²) in [7, 11) is 0. The number of carbonyl (C=O) groups excluding carboxylic acids is 3. The molecule has 2 rings (SSSR count). The van der Waals surface area contributed by atoms with Gasteiger partial charge in [-0.2, -0.15) is 11.8 Å². The Morgan fingerprint density at radius 1 is 1.13 bits per heavy atom. The third-order valence-corrected chi connectivity index (χ3v) is 7.03. The van der Waals surface area contributed by atoms with Gasteiger partial charge in [0.15, 0.2) is 0 Å². The van der Waals surface area contributed by atoms with Crippen LogP contribution in [0.3, 0.4) is 0 Å². The SMILES string of the molecule is CCC(C)C(NC(=O)C1CCCN1C(=O)C1CCCN1C(=O)C(N)CCSC)C(=O)O. The standard InChI is InChI=1S/C21H36N4O5S/c1-4-13(2)17(21(29)30)23-18(26)15-7-5-10-24(15)20(28)16-8-6-11-25(16)19(27)14(22)9-12-31-3/h13-17H,4-12,22H2,1-3H3,(H,23,26)(H,29,30). The van der Waals surface area contributed by atoms with Crippen molar-refractivity contribution in [2.75, 3.05) is 25.1 Å². The number of rotatable bonds is 10. The highest BCUT2D eigenvalue weighted by molar-refractivity contribution is 7.98. The normalized spacial score (nSPS) is 24.0. The van der Waals surface area contributed by atoms with Crippen molar-refractivity contribution in [1.29, 1.82) is 0 Å². The Morgan fingerprint density at radius 3 is 2.32 bits per heavy atom. The van der Waals surface area contributed by atoms with Crippen LogP contribution in [-0.4, -0.2) is 87.9 Å². The number of hydrogen-bond donors (Lipinski definition) is 3. The quantitative estimate of drug-likeness (QED) is 0.440. The van der Waals surface area contributed by atoms with Crippen molar-refractivity contribution in [1.82, 2.24) is 15.1 Å². The summed E-state index contributed by atoms with van der Waals surface area (Å²) in [6.45, 7) is 4.56. The number of nitrogens with two attached hydrogens (primary N) is 1. The van der Waals surface area contributed by atoms with Crippen LogP contribution in [0.5, 0.6) is 0 Å². The van der Waals surface area contributed by atoms with Crippen molar-refractivity contribution >= 4 is 35.5 Å². The van der Waals surface area contributed by atoms with E-state index in [-0.39, 0.29) is 17.7 Å². The molecule has 2 aliphatic rings. The van der Waals surface area contributed by atoms with E-state index in [0.717, 1.165) is 12.2 Å². The largest absolute Gasteiger partial charge is 0.480 e. The molecule has 5 atom stereocenters. The average molecular weight is 457 g/mol. The van der Waals surface area contributed by atoms with Crippen LogP contribution in [0.1, 0.15) is 52.4 Å². The van der Waals surface area contributed by atoms with E-state index in [9.17, 15) is 24.3 Å². The first-order chi connectivity index (χ1) is 14.7. The third-order valence-electron chi connectivity index (χ3n) is 6.39. The van der Waals surface area contributed by atoms with Crippen LogP contribution in [0.25, 0.3) is 0 Å². The van der Waals surface area contributed by atoms with Gasteiger partial charge < -0.3 is 26.0 Å². The van der Waals surface area contributed by atoms with Gasteiger partial charge in [0.05, 0.1) is 6.04 Å². The lowest BCUT2D eigenvalue weighted by atomic mass is 9.98. The Hall–Kier alpha value is -1.81. The summed E-state index contributed by atoms with van der Waals surface area (Å²) in [5.41, 5.74) is 6.05. The highest BCUT2D eigenvalue weighted by Crippen LogP contribution is 2.26. The molecule has 9 nitrogen and oxygen atoms in total. The Morgan fingerprint density at radius 2 is 1.74 bits per heavy atom. The number of carboxylic acid groups (broad SMARTS) is 1. The van der Waals surface area contributed by atoms with Gasteiger partial charge in [0.1, 0.15) is 18.1 Å². The number of aliphatic carboxylic acids is 1. The minimum absolute atomic E-state index is 0.215. The highest BCUT2D eigenvalue weighted by atomic mass is 32.2. The lowest BCUT2D eigenvalue weighted by molar-refractivity contribution is -0.148. The Labute approximate surface area is 188 Å². The van der Waals surface area contributed by atoms with Crippen molar-refractivity contribution < 1.29 is 24.3 Å². The van der Waals surface area contributed by atoms with Crippen LogP contribution in [0.4, 0.5) is 0 Å². The maximum atomic E-state index is 13.3. The van der Waals surface area contributed by atoms with Crippen LogP contribution in [0.15, 0.2) is 0 Å². The van der Waals surface area contributed by atoms with Gasteiger partial charge in [-0.05, 0) is 50.0 Å². The number of nitrogens with one attached hydrogen (secondary N) is 1. The molecular formula is C21H36N4O5S. The zero-order chi connectivity index (χ0) is 23.1. The van der Waals surface area contributed by atoms with Gasteiger partial charge in [-0.3, -0.25) is 14.4 Å². The smallest absolute Gasteiger partial charge is 0.326 e. The Kier molecular flexibility index (Phi) is 9.61. The number of likely N-dealkylation sites (tertiary alicyclic amines) is 2. The molecule has 2 heterocycles. The number of hydrogen-bond acceptors (Lipinski definition) is 6. The van der Waals surface area contributed by atoms with E-state index in [1.54, 1.807) is 23.6 Å². The maximum Gasteiger partial charge on any atom is 0.326 e. The molecule has 2 saturated heterocycles. The minimum atomic E-state index is -1.08. The molecule has 4 N–H and O–H groups in total. The van der Waals surface area contributed by atoms with Gasteiger partial charge in [0.2, 0.25) is 17.7 Å². The zero-order valence-electron chi connectivity index (χ0n) is 18.7. The van der Waals surface area contributed by atoms with Crippen molar-refractivity contribution in [2.45, 2.75) is 76.5 Å². The molecule has 2 aliphatic heterocycles. The molecule has 0 saturated carbocycles. The molecular weight excluding hydrogens is 420 g/mol. The van der Waals surface area contributed by atoms with Gasteiger partial charge in [0.25, 0.3) is 0 Å². The molecule has 31 heavy (non-hydrogen) atoms. The van der Waals surface area contributed by atoms with Crippen LogP contribution in [-0.2, 0) is 19.2 Å². The van der Waals surface area contributed by atoms with E-state index in [4.69, 9.17) is 5.73 Å². The van der Waals surface area contributed by atoms with Crippen molar-refractivity contribution in [2.24, 2.45) is 11.7 Å². The molecule has 176 valence electrons. The number of carboxylic acids is 1. The fourth-order valence-electron chi connectivity index (χ4n) is 4.30. The summed E-state index contributed by atoms with van der Waals surface area (Å²) in [5, 5.41) is 12.1. The monoisotopic (exact) mass is 456 g/mol. The van der Waals surface area contributed by atoms with Crippen LogP contribution in [0.2, 0.25) is 0 Å². The summed E-state index contributed by atoms with van der Waals surface area (Å²) < 4.78 is 0. The van der Waals surface area contributed by atoms with E-state index < -0.39 is 36.0 Å². The third kappa shape index (κ3) is 6.12. The van der Waals surface area contributed by atoms with Crippen molar-refractivity contribution in [3.8, 4) is 0 Å². The molecule has 0 aromatic carbocycles. The van der Waals surface area contributed by atoms with Gasteiger partial charge in [0, 0.05) is 13.1 Å². The number of thioether (sulfide) groups is 1. The van der Waals surface area contributed by atoms with Crippen LogP contribution in [0, 0.1) is 5.92 Å². The van der Waals surface area contributed by atoms with E-state index in [2.05, 4.69) is 5.32 Å². The summed E-state index contributed by atoms with van der Waals surface area (Å²) in [6.07, 6.45) is 5.54. The lowest BCUT2D eigenvalue weighted by Crippen LogP contribution is -2.57. The molecule has 0 spiro atoms. The Balaban J connectivity index is 2.08. The molecule has 0 aliphatic carbocycles.